The van der Waals surface area contributed by atoms with E-state index in [1.54, 1.807) is 30.5 Å². The number of nitrogens with one attached hydrogen (secondary N) is 1. The van der Waals surface area contributed by atoms with E-state index < -0.39 is 5.97 Å². The topological polar surface area (TPSA) is 82.8 Å². The highest BCUT2D eigenvalue weighted by Crippen LogP contribution is 2.29. The molecule has 2 N–H and O–H groups in total. The summed E-state index contributed by atoms with van der Waals surface area (Å²) in [6, 6.07) is 16.7. The van der Waals surface area contributed by atoms with Gasteiger partial charge in [-0.05, 0) is 50.1 Å². The second kappa shape index (κ2) is 8.18. The van der Waals surface area contributed by atoms with E-state index in [2.05, 4.69) is 15.4 Å². The Morgan fingerprint density at radius 2 is 1.90 bits per heavy atom. The van der Waals surface area contributed by atoms with Gasteiger partial charge in [-0.2, -0.15) is 10.2 Å². The molecule has 2 aromatic carbocycles. The van der Waals surface area contributed by atoms with Crippen molar-refractivity contribution >= 4 is 23.7 Å². The van der Waals surface area contributed by atoms with E-state index in [-0.39, 0.29) is 5.56 Å². The number of para-hydroxylation sites is 1. The summed E-state index contributed by atoms with van der Waals surface area (Å²) in [6.07, 6.45) is 4.09. The maximum atomic E-state index is 11.1. The average molecular weight is 389 g/mol. The molecule has 148 valence electrons. The zero-order valence-corrected chi connectivity index (χ0v) is 16.2. The highest BCUT2D eigenvalue weighted by atomic mass is 16.4. The van der Waals surface area contributed by atoms with Gasteiger partial charge in [0.1, 0.15) is 5.82 Å². The van der Waals surface area contributed by atoms with Gasteiger partial charge in [-0.15, -0.1) is 0 Å². The number of hydrogen-bond acceptors (Lipinski definition) is 5. The summed E-state index contributed by atoms with van der Waals surface area (Å²) < 4.78 is 1.98. The van der Waals surface area contributed by atoms with Crippen LogP contribution in [0.15, 0.2) is 59.7 Å². The third-order valence-electron chi connectivity index (χ3n) is 4.98. The van der Waals surface area contributed by atoms with E-state index in [9.17, 15) is 4.79 Å². The number of rotatable bonds is 6. The fourth-order valence-electron chi connectivity index (χ4n) is 3.55. The zero-order valence-electron chi connectivity index (χ0n) is 16.2. The van der Waals surface area contributed by atoms with E-state index in [0.29, 0.717) is 5.69 Å². The number of benzene rings is 2. The maximum Gasteiger partial charge on any atom is 0.335 e. The highest BCUT2D eigenvalue weighted by Gasteiger charge is 2.23. The van der Waals surface area contributed by atoms with Crippen LogP contribution in [0.2, 0.25) is 0 Å². The Labute approximate surface area is 169 Å². The number of hydrogen-bond donors (Lipinski definition) is 2. The van der Waals surface area contributed by atoms with Crippen LogP contribution < -0.4 is 10.3 Å². The molecule has 1 saturated heterocycles. The summed E-state index contributed by atoms with van der Waals surface area (Å²) in [7, 11) is 0. The summed E-state index contributed by atoms with van der Waals surface area (Å²) in [5.41, 5.74) is 6.63. The van der Waals surface area contributed by atoms with E-state index in [1.807, 2.05) is 41.9 Å². The first-order valence-electron chi connectivity index (χ1n) is 9.66. The molecule has 1 fully saturated rings. The van der Waals surface area contributed by atoms with Gasteiger partial charge in [0.2, 0.25) is 0 Å². The van der Waals surface area contributed by atoms with Gasteiger partial charge in [-0.3, -0.25) is 5.43 Å². The van der Waals surface area contributed by atoms with Crippen LogP contribution in [-0.2, 0) is 0 Å². The van der Waals surface area contributed by atoms with Crippen molar-refractivity contribution in [1.29, 1.82) is 0 Å². The van der Waals surface area contributed by atoms with Crippen molar-refractivity contribution in [2.75, 3.05) is 23.4 Å². The van der Waals surface area contributed by atoms with Crippen molar-refractivity contribution in [2.45, 2.75) is 19.8 Å². The molecule has 29 heavy (non-hydrogen) atoms. The van der Waals surface area contributed by atoms with E-state index in [1.165, 1.54) is 0 Å². The molecule has 0 amide bonds. The number of aryl methyl sites for hydroxylation is 1. The minimum atomic E-state index is -0.964. The van der Waals surface area contributed by atoms with Crippen LogP contribution in [0.25, 0.3) is 5.69 Å². The molecule has 0 bridgehead atoms. The molecule has 1 aliphatic rings. The largest absolute Gasteiger partial charge is 0.478 e. The molecule has 0 radical (unpaired) electrons. The van der Waals surface area contributed by atoms with Crippen LogP contribution >= 0.6 is 0 Å². The van der Waals surface area contributed by atoms with Crippen LogP contribution in [0.5, 0.6) is 0 Å². The lowest BCUT2D eigenvalue weighted by Gasteiger charge is -2.20. The maximum absolute atomic E-state index is 11.1. The van der Waals surface area contributed by atoms with Crippen molar-refractivity contribution in [1.82, 2.24) is 9.78 Å². The first kappa shape index (κ1) is 18.7. The molecule has 0 spiro atoms. The van der Waals surface area contributed by atoms with E-state index >= 15 is 0 Å². The molecular weight excluding hydrogens is 366 g/mol. The number of aromatic carboxylic acids is 1. The summed E-state index contributed by atoms with van der Waals surface area (Å²) in [5.74, 6) is 0.0740. The number of hydrazone groups is 1. The van der Waals surface area contributed by atoms with E-state index in [4.69, 9.17) is 10.2 Å². The average Bonchev–Trinajstić information content (AvgIpc) is 3.37. The fourth-order valence-corrected chi connectivity index (χ4v) is 3.55. The Morgan fingerprint density at radius 3 is 2.62 bits per heavy atom. The van der Waals surface area contributed by atoms with Crippen molar-refractivity contribution in [2.24, 2.45) is 5.10 Å². The predicted molar refractivity (Wildman–Crippen MR) is 114 cm³/mol. The number of aromatic nitrogens is 2. The van der Waals surface area contributed by atoms with E-state index in [0.717, 1.165) is 48.7 Å². The standard InChI is InChI=1S/C22H23N5O2/c1-16-20(15-23-24-18-9-7-8-17(14-18)22(28)29)21(26-12-5-6-13-26)27(25-16)19-10-3-2-4-11-19/h2-4,7-11,14-15,24H,5-6,12-13H2,1H3,(H,28,29)/b23-15+. The number of carboxylic acids is 1. The molecule has 7 nitrogen and oxygen atoms in total. The van der Waals surface area contributed by atoms with Gasteiger partial charge in [0.25, 0.3) is 0 Å². The number of carboxylic acid groups (broad SMARTS) is 1. The molecule has 2 heterocycles. The Kier molecular flexibility index (Phi) is 5.29. The second-order valence-electron chi connectivity index (χ2n) is 7.02. The summed E-state index contributed by atoms with van der Waals surface area (Å²) >= 11 is 0. The van der Waals surface area contributed by atoms with Gasteiger partial charge in [0.05, 0.1) is 34.4 Å². The minimum Gasteiger partial charge on any atom is -0.478 e. The molecule has 1 aromatic heterocycles. The SMILES string of the molecule is Cc1nn(-c2ccccc2)c(N2CCCC2)c1/C=N/Nc1cccc(C(=O)O)c1. The molecule has 0 atom stereocenters. The highest BCUT2D eigenvalue weighted by molar-refractivity contribution is 5.90. The van der Waals surface area contributed by atoms with Crippen molar-refractivity contribution in [3.63, 3.8) is 0 Å². The second-order valence-corrected chi connectivity index (χ2v) is 7.02. The van der Waals surface area contributed by atoms with Crippen LogP contribution in [-0.4, -0.2) is 40.2 Å². The van der Waals surface area contributed by atoms with Crippen LogP contribution in [0.1, 0.15) is 34.5 Å². The fraction of sp³-hybridized carbons (Fsp3) is 0.227. The number of nitrogens with zero attached hydrogens (tertiary/aromatic N) is 4. The third-order valence-corrected chi connectivity index (χ3v) is 4.98. The number of anilines is 2. The lowest BCUT2D eigenvalue weighted by atomic mass is 10.2. The molecule has 1 aliphatic heterocycles. The molecule has 3 aromatic rings. The smallest absolute Gasteiger partial charge is 0.335 e. The molecule has 7 heteroatoms. The monoisotopic (exact) mass is 389 g/mol. The quantitative estimate of drug-likeness (QED) is 0.493. The van der Waals surface area contributed by atoms with Crippen molar-refractivity contribution in [3.8, 4) is 5.69 Å². The lowest BCUT2D eigenvalue weighted by molar-refractivity contribution is 0.0697. The summed E-state index contributed by atoms with van der Waals surface area (Å²) in [4.78, 5) is 13.5. The molecule has 0 aliphatic carbocycles. The summed E-state index contributed by atoms with van der Waals surface area (Å²) in [6.45, 7) is 3.96. The van der Waals surface area contributed by atoms with Crippen molar-refractivity contribution in [3.05, 3.63) is 71.4 Å². The Morgan fingerprint density at radius 1 is 1.14 bits per heavy atom. The van der Waals surface area contributed by atoms with Crippen LogP contribution in [0.3, 0.4) is 0 Å². The van der Waals surface area contributed by atoms with Gasteiger partial charge in [0, 0.05) is 13.1 Å². The predicted octanol–water partition coefficient (Wildman–Crippen LogP) is 3.93. The Bertz CT molecular complexity index is 1040. The molecule has 0 unspecified atom stereocenters. The summed E-state index contributed by atoms with van der Waals surface area (Å²) in [5, 5.41) is 18.3. The first-order valence-corrected chi connectivity index (χ1v) is 9.66. The lowest BCUT2D eigenvalue weighted by Crippen LogP contribution is -2.22. The number of carbonyl (C=O) groups is 1. The normalized spacial score (nSPS) is 13.9. The van der Waals surface area contributed by atoms with Crippen molar-refractivity contribution < 1.29 is 9.90 Å². The van der Waals surface area contributed by atoms with Crippen LogP contribution in [0, 0.1) is 6.92 Å². The van der Waals surface area contributed by atoms with Gasteiger partial charge in [0.15, 0.2) is 0 Å². The minimum absolute atomic E-state index is 0.219. The third kappa shape index (κ3) is 3.99. The van der Waals surface area contributed by atoms with Crippen LogP contribution in [0.4, 0.5) is 11.5 Å². The van der Waals surface area contributed by atoms with Gasteiger partial charge in [-0.1, -0.05) is 24.3 Å². The Balaban J connectivity index is 1.66. The first-order chi connectivity index (χ1) is 14.1. The molecule has 4 rings (SSSR count). The Hall–Kier alpha value is -3.61. The molecule has 0 saturated carbocycles. The zero-order chi connectivity index (χ0) is 20.2. The molecular formula is C22H23N5O2. The van der Waals surface area contributed by atoms with Gasteiger partial charge >= 0.3 is 5.97 Å². The van der Waals surface area contributed by atoms with Gasteiger partial charge in [-0.25, -0.2) is 9.48 Å². The van der Waals surface area contributed by atoms with Gasteiger partial charge < -0.3 is 10.0 Å².